The van der Waals surface area contributed by atoms with Crippen molar-refractivity contribution in [3.05, 3.63) is 143 Å². The number of benzene rings is 4. The van der Waals surface area contributed by atoms with E-state index in [1.807, 2.05) is 122 Å². The van der Waals surface area contributed by atoms with Gasteiger partial charge in [0.15, 0.2) is 6.10 Å². The third-order valence-corrected chi connectivity index (χ3v) is 10.8. The molecule has 12 heteroatoms. The van der Waals surface area contributed by atoms with Gasteiger partial charge in [-0.05, 0) is 29.2 Å². The molecule has 3 fully saturated rings. The van der Waals surface area contributed by atoms with Gasteiger partial charge in [-0.3, -0.25) is 19.2 Å². The second kappa shape index (κ2) is 14.2. The van der Waals surface area contributed by atoms with E-state index >= 15 is 0 Å². The van der Waals surface area contributed by atoms with Gasteiger partial charge in [0.1, 0.15) is 24.5 Å². The molecule has 0 spiro atoms. The average Bonchev–Trinajstić information content (AvgIpc) is 3.52. The third-order valence-electron chi connectivity index (χ3n) is 9.14. The van der Waals surface area contributed by atoms with Crippen LogP contribution in [0.2, 0.25) is 0 Å². The van der Waals surface area contributed by atoms with E-state index in [1.54, 1.807) is 0 Å². The van der Waals surface area contributed by atoms with Gasteiger partial charge in [0.05, 0.1) is 19.2 Å². The summed E-state index contributed by atoms with van der Waals surface area (Å²) in [6.45, 7) is 0.872. The van der Waals surface area contributed by atoms with Crippen LogP contribution in [0.1, 0.15) is 33.9 Å². The molecule has 1 N–H and O–H groups in total. The lowest BCUT2D eigenvalue weighted by Gasteiger charge is -2.41. The van der Waals surface area contributed by atoms with Crippen molar-refractivity contribution in [3.8, 4) is 0 Å². The molecule has 258 valence electrons. The molecule has 51 heavy (non-hydrogen) atoms. The van der Waals surface area contributed by atoms with Crippen molar-refractivity contribution >= 4 is 47.6 Å². The van der Waals surface area contributed by atoms with Crippen LogP contribution in [0.3, 0.4) is 0 Å². The second-order valence-electron chi connectivity index (χ2n) is 12.7. The first kappa shape index (κ1) is 33.7. The Balaban J connectivity index is 1.17. The van der Waals surface area contributed by atoms with Crippen molar-refractivity contribution in [2.45, 2.75) is 35.7 Å². The fourth-order valence-electron chi connectivity index (χ4n) is 6.42. The van der Waals surface area contributed by atoms with Gasteiger partial charge in [0.2, 0.25) is 22.6 Å². The summed E-state index contributed by atoms with van der Waals surface area (Å²) in [4.78, 5) is 69.6. The van der Waals surface area contributed by atoms with Gasteiger partial charge in [-0.15, -0.1) is 0 Å². The Morgan fingerprint density at radius 1 is 0.863 bits per heavy atom. The van der Waals surface area contributed by atoms with E-state index in [0.717, 1.165) is 33.5 Å². The van der Waals surface area contributed by atoms with Crippen LogP contribution in [-0.4, -0.2) is 86.5 Å². The molecule has 3 saturated heterocycles. The fourth-order valence-corrected chi connectivity index (χ4v) is 8.09. The van der Waals surface area contributed by atoms with Crippen LogP contribution in [0.4, 0.5) is 0 Å². The van der Waals surface area contributed by atoms with E-state index in [9.17, 15) is 24.0 Å². The number of hydrogen-bond acceptors (Lipinski definition) is 8. The number of hydrazone groups is 1. The molecule has 0 saturated carbocycles. The topological polar surface area (TPSA) is 129 Å². The SMILES string of the molecule is Cc1ccc(/C=N/N2CC(=O)N([C@]3(C(=O)OC(c4ccccc4)c4ccccc4)CN4C(=O)[C@@H](NC(=O)Cc5ccccc5)[C@H]4S3)CC2=O)cc1. The van der Waals surface area contributed by atoms with Crippen molar-refractivity contribution in [3.63, 3.8) is 0 Å². The molecule has 0 unspecified atom stereocenters. The fraction of sp³-hybridized carbons (Fsp3) is 0.231. The van der Waals surface area contributed by atoms with Gasteiger partial charge in [-0.25, -0.2) is 9.80 Å². The minimum absolute atomic E-state index is 0.0725. The van der Waals surface area contributed by atoms with E-state index in [1.165, 1.54) is 16.0 Å². The summed E-state index contributed by atoms with van der Waals surface area (Å²) in [6.07, 6.45) is 0.740. The monoisotopic (exact) mass is 701 g/mol. The zero-order valence-corrected chi connectivity index (χ0v) is 28.6. The molecule has 4 amide bonds. The minimum Gasteiger partial charge on any atom is -0.450 e. The lowest BCUT2D eigenvalue weighted by molar-refractivity contribution is -0.168. The standard InChI is InChI=1S/C39H35N5O6S/c1-26-17-19-28(20-18-26)22-40-44-24-32(46)43(23-33(44)47)39(38(49)50-35(29-13-7-3-8-14-29)30-15-9-4-10-16-30)25-42-36(48)34(37(42)51-39)41-31(45)21-27-11-5-2-6-12-27/h2-20,22,34-35,37H,21,23-25H2,1H3,(H,41,45)/b40-22+/t34-,37-,39-/m1/s1. The zero-order valence-electron chi connectivity index (χ0n) is 27.8. The molecular formula is C39H35N5O6S. The molecule has 4 aromatic rings. The van der Waals surface area contributed by atoms with E-state index in [-0.39, 0.29) is 24.8 Å². The van der Waals surface area contributed by atoms with Crippen LogP contribution in [0.5, 0.6) is 0 Å². The molecule has 0 radical (unpaired) electrons. The first-order valence-electron chi connectivity index (χ1n) is 16.6. The Bertz CT molecular complexity index is 1940. The van der Waals surface area contributed by atoms with Gasteiger partial charge < -0.3 is 19.9 Å². The summed E-state index contributed by atoms with van der Waals surface area (Å²) in [5.41, 5.74) is 4.03. The number of carbonyl (C=O) groups is 5. The average molecular weight is 702 g/mol. The smallest absolute Gasteiger partial charge is 0.345 e. The Labute approximate surface area is 299 Å². The van der Waals surface area contributed by atoms with Crippen molar-refractivity contribution in [1.29, 1.82) is 0 Å². The van der Waals surface area contributed by atoms with Gasteiger partial charge in [0, 0.05) is 0 Å². The predicted octanol–water partition coefficient (Wildman–Crippen LogP) is 3.67. The van der Waals surface area contributed by atoms with Crippen molar-refractivity contribution in [1.82, 2.24) is 20.1 Å². The number of esters is 1. The number of nitrogens with one attached hydrogen (secondary N) is 1. The van der Waals surface area contributed by atoms with Crippen LogP contribution in [0.25, 0.3) is 0 Å². The highest BCUT2D eigenvalue weighted by Gasteiger charge is 2.66. The van der Waals surface area contributed by atoms with Crippen LogP contribution < -0.4 is 5.32 Å². The molecule has 3 aliphatic heterocycles. The normalized spacial score (nSPS) is 21.5. The number of piperazine rings is 1. The van der Waals surface area contributed by atoms with Crippen LogP contribution in [-0.2, 0) is 35.1 Å². The summed E-state index contributed by atoms with van der Waals surface area (Å²) >= 11 is 1.05. The Morgan fingerprint density at radius 2 is 1.47 bits per heavy atom. The molecule has 0 aliphatic carbocycles. The van der Waals surface area contributed by atoms with Crippen LogP contribution in [0.15, 0.2) is 120 Å². The molecular weight excluding hydrogens is 667 g/mol. The van der Waals surface area contributed by atoms with Crippen molar-refractivity contribution < 1.29 is 28.7 Å². The summed E-state index contributed by atoms with van der Waals surface area (Å²) in [5, 5.41) is 7.52. The van der Waals surface area contributed by atoms with Gasteiger partial charge in [-0.1, -0.05) is 133 Å². The second-order valence-corrected chi connectivity index (χ2v) is 14.1. The number of thioether (sulfide) groups is 1. The highest BCUT2D eigenvalue weighted by atomic mass is 32.2. The molecule has 11 nitrogen and oxygen atoms in total. The number of amides is 4. The Hall–Kier alpha value is -5.75. The Morgan fingerprint density at radius 3 is 2.10 bits per heavy atom. The predicted molar refractivity (Wildman–Crippen MR) is 191 cm³/mol. The lowest BCUT2D eigenvalue weighted by Crippen LogP contribution is -2.68. The zero-order chi connectivity index (χ0) is 35.5. The first-order chi connectivity index (χ1) is 24.7. The number of fused-ring (bicyclic) bond motifs is 1. The third kappa shape index (κ3) is 6.87. The summed E-state index contributed by atoms with van der Waals surface area (Å²) < 4.78 is 6.31. The number of rotatable bonds is 10. The van der Waals surface area contributed by atoms with Gasteiger partial charge in [0.25, 0.3) is 5.91 Å². The van der Waals surface area contributed by atoms with Crippen molar-refractivity contribution in [2.24, 2.45) is 5.10 Å². The summed E-state index contributed by atoms with van der Waals surface area (Å²) in [7, 11) is 0. The molecule has 0 aromatic heterocycles. The molecule has 3 atom stereocenters. The maximum absolute atomic E-state index is 14.7. The number of ether oxygens (including phenoxy) is 1. The molecule has 4 aromatic carbocycles. The highest BCUT2D eigenvalue weighted by Crippen LogP contribution is 2.50. The molecule has 3 heterocycles. The van der Waals surface area contributed by atoms with E-state index in [0.29, 0.717) is 11.1 Å². The maximum Gasteiger partial charge on any atom is 0.345 e. The maximum atomic E-state index is 14.7. The quantitative estimate of drug-likeness (QED) is 0.152. The molecule has 3 aliphatic rings. The van der Waals surface area contributed by atoms with Crippen LogP contribution in [0, 0.1) is 6.92 Å². The van der Waals surface area contributed by atoms with Gasteiger partial charge >= 0.3 is 5.97 Å². The molecule has 7 rings (SSSR count). The van der Waals surface area contributed by atoms with E-state index in [4.69, 9.17) is 4.74 Å². The minimum atomic E-state index is -1.78. The number of carbonyl (C=O) groups excluding carboxylic acids is 5. The molecule has 0 bridgehead atoms. The summed E-state index contributed by atoms with van der Waals surface area (Å²) in [6, 6.07) is 34.2. The van der Waals surface area contributed by atoms with E-state index in [2.05, 4.69) is 10.4 Å². The van der Waals surface area contributed by atoms with Gasteiger partial charge in [-0.2, -0.15) is 5.10 Å². The number of aryl methyl sites for hydroxylation is 1. The first-order valence-corrected chi connectivity index (χ1v) is 17.4. The Kier molecular flexibility index (Phi) is 9.42. The van der Waals surface area contributed by atoms with Crippen molar-refractivity contribution in [2.75, 3.05) is 19.6 Å². The summed E-state index contributed by atoms with van der Waals surface area (Å²) in [5.74, 6) is -2.54. The van der Waals surface area contributed by atoms with Crippen LogP contribution >= 0.6 is 11.8 Å². The highest BCUT2D eigenvalue weighted by molar-refractivity contribution is 8.02. The number of hydrogen-bond donors (Lipinski definition) is 1. The number of nitrogens with zero attached hydrogens (tertiary/aromatic N) is 4. The largest absolute Gasteiger partial charge is 0.450 e. The lowest BCUT2D eigenvalue weighted by atomic mass is 10.0. The van der Waals surface area contributed by atoms with E-state index < -0.39 is 53.3 Å². The number of β-lactam (4-membered cyclic amide) rings is 1.